The van der Waals surface area contributed by atoms with Crippen LogP contribution in [-0.2, 0) is 0 Å². The summed E-state index contributed by atoms with van der Waals surface area (Å²) in [5, 5.41) is 21.2. The van der Waals surface area contributed by atoms with Crippen molar-refractivity contribution in [3.8, 4) is 5.75 Å². The number of halogens is 2. The predicted molar refractivity (Wildman–Crippen MR) is 75.1 cm³/mol. The van der Waals surface area contributed by atoms with Crippen molar-refractivity contribution in [2.75, 3.05) is 7.11 Å². The molecule has 2 rings (SSSR count). The van der Waals surface area contributed by atoms with Crippen LogP contribution in [-0.4, -0.2) is 17.1 Å². The number of benzene rings is 1. The van der Waals surface area contributed by atoms with E-state index in [4.69, 9.17) is 20.8 Å². The highest BCUT2D eigenvalue weighted by atomic mass is 79.9. The van der Waals surface area contributed by atoms with Crippen LogP contribution < -0.4 is 4.74 Å². The third kappa shape index (κ3) is 2.79. The predicted octanol–water partition coefficient (Wildman–Crippen LogP) is 3.69. The van der Waals surface area contributed by atoms with Crippen molar-refractivity contribution in [2.24, 2.45) is 0 Å². The van der Waals surface area contributed by atoms with Crippen LogP contribution in [0.2, 0.25) is 5.02 Å². The van der Waals surface area contributed by atoms with E-state index in [9.17, 15) is 15.2 Å². The summed E-state index contributed by atoms with van der Waals surface area (Å²) < 4.78 is 10.7. The van der Waals surface area contributed by atoms with Crippen LogP contribution in [0, 0.1) is 10.1 Å². The highest BCUT2D eigenvalue weighted by molar-refractivity contribution is 9.10. The fourth-order valence-corrected chi connectivity index (χ4v) is 2.74. The van der Waals surface area contributed by atoms with Gasteiger partial charge in [-0.05, 0) is 34.1 Å². The molecule has 1 N–H and O–H groups in total. The Balaban J connectivity index is 2.46. The molecule has 1 aromatic heterocycles. The SMILES string of the molecule is COc1c(Br)cc(Cl)cc1C(O)c1ccc([N+](=O)[O-])o1. The largest absolute Gasteiger partial charge is 0.495 e. The Labute approximate surface area is 127 Å². The van der Waals surface area contributed by atoms with Crippen molar-refractivity contribution < 1.29 is 19.2 Å². The van der Waals surface area contributed by atoms with Gasteiger partial charge in [0.1, 0.15) is 22.5 Å². The van der Waals surface area contributed by atoms with Crippen LogP contribution in [0.15, 0.2) is 33.2 Å². The molecule has 0 fully saturated rings. The van der Waals surface area contributed by atoms with Gasteiger partial charge in [-0.2, -0.15) is 0 Å². The summed E-state index contributed by atoms with van der Waals surface area (Å²) in [5.41, 5.74) is 0.344. The minimum Gasteiger partial charge on any atom is -0.495 e. The number of hydrogen-bond donors (Lipinski definition) is 1. The molecular formula is C12H9BrClNO5. The molecule has 0 aliphatic heterocycles. The maximum Gasteiger partial charge on any atom is 0.433 e. The fourth-order valence-electron chi connectivity index (χ4n) is 1.74. The Hall–Kier alpha value is -1.57. The molecule has 1 heterocycles. The summed E-state index contributed by atoms with van der Waals surface area (Å²) in [6.07, 6.45) is -1.23. The van der Waals surface area contributed by atoms with E-state index in [-0.39, 0.29) is 5.76 Å². The summed E-state index contributed by atoms with van der Waals surface area (Å²) >= 11 is 9.20. The van der Waals surface area contributed by atoms with Crippen LogP contribution in [0.3, 0.4) is 0 Å². The molecule has 0 radical (unpaired) electrons. The molecule has 0 saturated heterocycles. The normalized spacial score (nSPS) is 12.2. The van der Waals surface area contributed by atoms with Crippen molar-refractivity contribution >= 4 is 33.4 Å². The molecule has 0 aliphatic rings. The molecule has 20 heavy (non-hydrogen) atoms. The lowest BCUT2D eigenvalue weighted by molar-refractivity contribution is -0.402. The molecule has 1 aromatic carbocycles. The van der Waals surface area contributed by atoms with Crippen molar-refractivity contribution in [3.05, 3.63) is 55.2 Å². The Morgan fingerprint density at radius 2 is 2.20 bits per heavy atom. The highest BCUT2D eigenvalue weighted by Crippen LogP contribution is 2.39. The van der Waals surface area contributed by atoms with Gasteiger partial charge in [0.05, 0.1) is 17.6 Å². The number of nitro groups is 1. The van der Waals surface area contributed by atoms with Crippen molar-refractivity contribution in [1.82, 2.24) is 0 Å². The Kier molecular flexibility index (Phi) is 4.32. The summed E-state index contributed by atoms with van der Waals surface area (Å²) in [4.78, 5) is 9.90. The van der Waals surface area contributed by atoms with Gasteiger partial charge < -0.3 is 14.3 Å². The van der Waals surface area contributed by atoms with Gasteiger partial charge in [-0.15, -0.1) is 0 Å². The lowest BCUT2D eigenvalue weighted by Crippen LogP contribution is -2.02. The molecule has 8 heteroatoms. The molecule has 1 unspecified atom stereocenters. The minimum atomic E-state index is -1.23. The maximum absolute atomic E-state index is 10.6. The lowest BCUT2D eigenvalue weighted by atomic mass is 10.1. The van der Waals surface area contributed by atoms with Gasteiger partial charge in [0.25, 0.3) is 0 Å². The molecule has 6 nitrogen and oxygen atoms in total. The summed E-state index contributed by atoms with van der Waals surface area (Å²) in [7, 11) is 1.44. The van der Waals surface area contributed by atoms with E-state index in [2.05, 4.69) is 15.9 Å². The minimum absolute atomic E-state index is 0.0316. The van der Waals surface area contributed by atoms with E-state index in [1.807, 2.05) is 0 Å². The molecule has 2 aromatic rings. The first-order valence-corrected chi connectivity index (χ1v) is 6.56. The van der Waals surface area contributed by atoms with Gasteiger partial charge in [0, 0.05) is 10.6 Å². The molecular weight excluding hydrogens is 353 g/mol. The van der Waals surface area contributed by atoms with E-state index in [0.717, 1.165) is 0 Å². The molecule has 0 saturated carbocycles. The number of rotatable bonds is 4. The number of ether oxygens (including phenoxy) is 1. The standard InChI is InChI=1S/C12H9BrClNO5/c1-19-12-7(4-6(14)5-8(12)13)11(16)9-2-3-10(20-9)15(17)18/h2-5,11,16H,1H3. The van der Waals surface area contributed by atoms with E-state index in [1.165, 1.54) is 25.3 Å². The van der Waals surface area contributed by atoms with Crippen molar-refractivity contribution in [2.45, 2.75) is 6.10 Å². The van der Waals surface area contributed by atoms with E-state index in [1.54, 1.807) is 6.07 Å². The first kappa shape index (κ1) is 14.8. The second-order valence-corrected chi connectivity index (χ2v) is 5.14. The molecule has 0 amide bonds. The van der Waals surface area contributed by atoms with Crippen LogP contribution in [0.5, 0.6) is 5.75 Å². The smallest absolute Gasteiger partial charge is 0.433 e. The zero-order chi connectivity index (χ0) is 14.9. The molecule has 0 aliphatic carbocycles. The van der Waals surface area contributed by atoms with Gasteiger partial charge in [0.15, 0.2) is 0 Å². The average Bonchev–Trinajstić information content (AvgIpc) is 2.86. The monoisotopic (exact) mass is 361 g/mol. The number of nitrogens with zero attached hydrogens (tertiary/aromatic N) is 1. The zero-order valence-corrected chi connectivity index (χ0v) is 12.5. The number of methoxy groups -OCH3 is 1. The molecule has 0 spiro atoms. The Bertz CT molecular complexity index is 657. The molecule has 106 valence electrons. The summed E-state index contributed by atoms with van der Waals surface area (Å²) in [5.74, 6) is -0.0377. The first-order valence-electron chi connectivity index (χ1n) is 5.39. The van der Waals surface area contributed by atoms with Gasteiger partial charge >= 0.3 is 5.88 Å². The van der Waals surface area contributed by atoms with E-state index in [0.29, 0.717) is 20.8 Å². The number of furan rings is 1. The average molecular weight is 363 g/mol. The second kappa shape index (κ2) is 5.82. The van der Waals surface area contributed by atoms with Gasteiger partial charge in [-0.3, -0.25) is 10.1 Å². The van der Waals surface area contributed by atoms with Gasteiger partial charge in [0.2, 0.25) is 0 Å². The van der Waals surface area contributed by atoms with Crippen molar-refractivity contribution in [3.63, 3.8) is 0 Å². The topological polar surface area (TPSA) is 85.7 Å². The summed E-state index contributed by atoms with van der Waals surface area (Å²) in [6, 6.07) is 5.62. The third-order valence-corrected chi connectivity index (χ3v) is 3.41. The summed E-state index contributed by atoms with van der Waals surface area (Å²) in [6.45, 7) is 0. The van der Waals surface area contributed by atoms with Crippen LogP contribution in [0.1, 0.15) is 17.4 Å². The lowest BCUT2D eigenvalue weighted by Gasteiger charge is -2.14. The van der Waals surface area contributed by atoms with E-state index < -0.39 is 16.9 Å². The number of aliphatic hydroxyl groups is 1. The van der Waals surface area contributed by atoms with Gasteiger partial charge in [-0.25, -0.2) is 0 Å². The van der Waals surface area contributed by atoms with Gasteiger partial charge in [-0.1, -0.05) is 11.6 Å². The van der Waals surface area contributed by atoms with Crippen LogP contribution in [0.4, 0.5) is 5.88 Å². The van der Waals surface area contributed by atoms with E-state index >= 15 is 0 Å². The fraction of sp³-hybridized carbons (Fsp3) is 0.167. The Morgan fingerprint density at radius 3 is 2.75 bits per heavy atom. The molecule has 0 bridgehead atoms. The quantitative estimate of drug-likeness (QED) is 0.662. The highest BCUT2D eigenvalue weighted by Gasteiger charge is 2.23. The molecule has 1 atom stereocenters. The zero-order valence-electron chi connectivity index (χ0n) is 10.2. The number of aliphatic hydroxyl groups excluding tert-OH is 1. The second-order valence-electron chi connectivity index (χ2n) is 3.85. The maximum atomic E-state index is 10.6. The Morgan fingerprint density at radius 1 is 1.50 bits per heavy atom. The first-order chi connectivity index (χ1) is 9.43. The van der Waals surface area contributed by atoms with Crippen LogP contribution in [0.25, 0.3) is 0 Å². The third-order valence-electron chi connectivity index (χ3n) is 2.60. The van der Waals surface area contributed by atoms with Crippen molar-refractivity contribution in [1.29, 1.82) is 0 Å². The number of hydrogen-bond acceptors (Lipinski definition) is 5. The van der Waals surface area contributed by atoms with Crippen LogP contribution >= 0.6 is 27.5 Å².